The van der Waals surface area contributed by atoms with Crippen LogP contribution in [0, 0.1) is 5.41 Å². The summed E-state index contributed by atoms with van der Waals surface area (Å²) in [4.78, 5) is 15.4. The van der Waals surface area contributed by atoms with Gasteiger partial charge in [-0.1, -0.05) is 44.0 Å². The van der Waals surface area contributed by atoms with Crippen molar-refractivity contribution >= 4 is 51.8 Å². The third-order valence-corrected chi connectivity index (χ3v) is 5.63. The van der Waals surface area contributed by atoms with E-state index < -0.39 is 0 Å². The van der Waals surface area contributed by atoms with Crippen LogP contribution in [0.4, 0.5) is 11.4 Å². The Morgan fingerprint density at radius 2 is 1.92 bits per heavy atom. The third-order valence-electron chi connectivity index (χ3n) is 3.91. The van der Waals surface area contributed by atoms with Crippen molar-refractivity contribution in [3.63, 3.8) is 0 Å². The summed E-state index contributed by atoms with van der Waals surface area (Å²) in [6, 6.07) is 9.81. The predicted molar refractivity (Wildman–Crippen MR) is 110 cm³/mol. The summed E-state index contributed by atoms with van der Waals surface area (Å²) < 4.78 is 0.783. The molecule has 0 bridgehead atoms. The van der Waals surface area contributed by atoms with E-state index in [1.165, 1.54) is 4.88 Å². The molecule has 3 nitrogen and oxygen atoms in total. The van der Waals surface area contributed by atoms with E-state index in [9.17, 15) is 4.79 Å². The lowest BCUT2D eigenvalue weighted by Crippen LogP contribution is -2.21. The highest BCUT2D eigenvalue weighted by Crippen LogP contribution is 2.34. The molecule has 0 saturated heterocycles. The minimum atomic E-state index is -0.0614. The summed E-state index contributed by atoms with van der Waals surface area (Å²) in [7, 11) is 2.02. The van der Waals surface area contributed by atoms with E-state index in [1.807, 2.05) is 58.2 Å². The molecule has 1 aromatic heterocycles. The second kappa shape index (κ2) is 7.98. The first kappa shape index (κ1) is 20.1. The third kappa shape index (κ3) is 5.63. The van der Waals surface area contributed by atoms with Crippen LogP contribution in [0.3, 0.4) is 0 Å². The monoisotopic (exact) mass is 398 g/mol. The van der Waals surface area contributed by atoms with Gasteiger partial charge in [0.05, 0.1) is 21.1 Å². The van der Waals surface area contributed by atoms with Crippen molar-refractivity contribution < 1.29 is 4.79 Å². The van der Waals surface area contributed by atoms with Crippen molar-refractivity contribution in [2.24, 2.45) is 5.41 Å². The first-order valence-electron chi connectivity index (χ1n) is 8.14. The van der Waals surface area contributed by atoms with E-state index in [4.69, 9.17) is 23.2 Å². The fourth-order valence-electron chi connectivity index (χ4n) is 2.47. The Kier molecular flexibility index (Phi) is 6.41. The van der Waals surface area contributed by atoms with Gasteiger partial charge in [0.15, 0.2) is 0 Å². The predicted octanol–water partition coefficient (Wildman–Crippen LogP) is 6.63. The maximum atomic E-state index is 12.1. The molecule has 1 N–H and O–H groups in total. The van der Waals surface area contributed by atoms with Crippen molar-refractivity contribution in [3.8, 4) is 0 Å². The van der Waals surface area contributed by atoms with E-state index in [1.54, 1.807) is 11.3 Å². The highest BCUT2D eigenvalue weighted by atomic mass is 35.5. The average molecular weight is 399 g/mol. The van der Waals surface area contributed by atoms with Crippen LogP contribution in [0.5, 0.6) is 0 Å². The lowest BCUT2D eigenvalue weighted by Gasteiger charge is -2.27. The number of nitrogens with zero attached hydrogens (tertiary/aromatic N) is 1. The average Bonchev–Trinajstić information content (AvgIpc) is 2.92. The van der Waals surface area contributed by atoms with E-state index in [-0.39, 0.29) is 17.4 Å². The van der Waals surface area contributed by atoms with Gasteiger partial charge in [-0.25, -0.2) is 0 Å². The van der Waals surface area contributed by atoms with Crippen molar-refractivity contribution in [2.45, 2.75) is 40.2 Å². The first-order valence-corrected chi connectivity index (χ1v) is 9.71. The molecule has 0 spiro atoms. The molecule has 2 aromatic rings. The molecule has 136 valence electrons. The number of thiophene rings is 1. The number of hydrogen-bond acceptors (Lipinski definition) is 3. The minimum Gasteiger partial charge on any atom is -0.367 e. The Bertz CT molecular complexity index is 752. The number of amides is 1. The van der Waals surface area contributed by atoms with Crippen molar-refractivity contribution in [3.05, 3.63) is 44.6 Å². The van der Waals surface area contributed by atoms with Gasteiger partial charge in [-0.15, -0.1) is 11.3 Å². The van der Waals surface area contributed by atoms with Crippen molar-refractivity contribution in [1.29, 1.82) is 0 Å². The SMILES string of the molecule is CC(c1ccc(Cl)s1)N(C)c1ccc(NC(=O)CC(C)(C)C)c(Cl)c1. The zero-order valence-corrected chi connectivity index (χ0v) is 17.5. The molecule has 1 heterocycles. The van der Waals surface area contributed by atoms with E-state index in [2.05, 4.69) is 17.1 Å². The molecular formula is C19H24Cl2N2OS. The molecule has 1 unspecified atom stereocenters. The van der Waals surface area contributed by atoms with Crippen LogP contribution in [0.15, 0.2) is 30.3 Å². The normalized spacial score (nSPS) is 12.8. The molecule has 0 aliphatic rings. The minimum absolute atomic E-state index is 0.0305. The van der Waals surface area contributed by atoms with Crippen LogP contribution < -0.4 is 10.2 Å². The van der Waals surface area contributed by atoms with Gasteiger partial charge in [-0.05, 0) is 42.7 Å². The molecule has 25 heavy (non-hydrogen) atoms. The van der Waals surface area contributed by atoms with Crippen LogP contribution >= 0.6 is 34.5 Å². The highest BCUT2D eigenvalue weighted by Gasteiger charge is 2.18. The van der Waals surface area contributed by atoms with Gasteiger partial charge in [0.1, 0.15) is 0 Å². The standard InChI is InChI=1S/C19H24Cl2N2OS/c1-12(16-8-9-17(21)25-16)23(5)13-6-7-15(14(20)10-13)22-18(24)11-19(2,3)4/h6-10,12H,11H2,1-5H3,(H,22,24). The van der Waals surface area contributed by atoms with Crippen LogP contribution in [0.25, 0.3) is 0 Å². The van der Waals surface area contributed by atoms with Gasteiger partial charge >= 0.3 is 0 Å². The molecule has 0 fully saturated rings. The Labute approximate surface area is 163 Å². The number of benzene rings is 1. The van der Waals surface area contributed by atoms with Crippen LogP contribution in [-0.2, 0) is 4.79 Å². The van der Waals surface area contributed by atoms with Gasteiger partial charge in [-0.3, -0.25) is 4.79 Å². The van der Waals surface area contributed by atoms with Gasteiger partial charge in [0.25, 0.3) is 0 Å². The van der Waals surface area contributed by atoms with Gasteiger partial charge in [0.2, 0.25) is 5.91 Å². The fourth-order valence-corrected chi connectivity index (χ4v) is 3.85. The van der Waals surface area contributed by atoms with Crippen LogP contribution in [-0.4, -0.2) is 13.0 Å². The molecule has 1 aromatic carbocycles. The van der Waals surface area contributed by atoms with Gasteiger partial charge in [-0.2, -0.15) is 0 Å². The molecule has 0 radical (unpaired) electrons. The molecular weight excluding hydrogens is 375 g/mol. The summed E-state index contributed by atoms with van der Waals surface area (Å²) in [6.07, 6.45) is 0.446. The Hall–Kier alpha value is -1.23. The number of anilines is 2. The quantitative estimate of drug-likeness (QED) is 0.612. The number of hydrogen-bond donors (Lipinski definition) is 1. The molecule has 6 heteroatoms. The number of nitrogens with one attached hydrogen (secondary N) is 1. The Balaban J connectivity index is 2.11. The molecule has 1 atom stereocenters. The first-order chi connectivity index (χ1) is 11.6. The topological polar surface area (TPSA) is 32.3 Å². The van der Waals surface area contributed by atoms with E-state index in [0.717, 1.165) is 10.0 Å². The summed E-state index contributed by atoms with van der Waals surface area (Å²) in [5.74, 6) is -0.0305. The Morgan fingerprint density at radius 1 is 1.24 bits per heavy atom. The van der Waals surface area contributed by atoms with Gasteiger partial charge in [0, 0.05) is 24.0 Å². The zero-order valence-electron chi connectivity index (χ0n) is 15.2. The largest absolute Gasteiger partial charge is 0.367 e. The van der Waals surface area contributed by atoms with Crippen molar-refractivity contribution in [1.82, 2.24) is 0 Å². The van der Waals surface area contributed by atoms with Crippen LogP contribution in [0.1, 0.15) is 45.0 Å². The lowest BCUT2D eigenvalue weighted by atomic mass is 9.92. The summed E-state index contributed by atoms with van der Waals surface area (Å²) in [5.41, 5.74) is 1.56. The smallest absolute Gasteiger partial charge is 0.224 e. The molecule has 0 aliphatic carbocycles. The highest BCUT2D eigenvalue weighted by molar-refractivity contribution is 7.16. The number of carbonyl (C=O) groups excluding carboxylic acids is 1. The number of rotatable bonds is 5. The Morgan fingerprint density at radius 3 is 2.44 bits per heavy atom. The van der Waals surface area contributed by atoms with E-state index >= 15 is 0 Å². The summed E-state index contributed by atoms with van der Waals surface area (Å²) >= 11 is 14.0. The molecule has 2 rings (SSSR count). The zero-order chi connectivity index (χ0) is 18.8. The van der Waals surface area contributed by atoms with Gasteiger partial charge < -0.3 is 10.2 Å². The maximum absolute atomic E-state index is 12.1. The van der Waals surface area contributed by atoms with Crippen LogP contribution in [0.2, 0.25) is 9.36 Å². The second-order valence-electron chi connectivity index (χ2n) is 7.38. The summed E-state index contributed by atoms with van der Waals surface area (Å²) in [5, 5.41) is 3.42. The molecule has 0 saturated carbocycles. The number of carbonyl (C=O) groups is 1. The molecule has 1 amide bonds. The van der Waals surface area contributed by atoms with E-state index in [0.29, 0.717) is 17.1 Å². The summed E-state index contributed by atoms with van der Waals surface area (Å²) in [6.45, 7) is 8.22. The second-order valence-corrected chi connectivity index (χ2v) is 9.53. The fraction of sp³-hybridized carbons (Fsp3) is 0.421. The number of halogens is 2. The lowest BCUT2D eigenvalue weighted by molar-refractivity contribution is -0.117. The maximum Gasteiger partial charge on any atom is 0.224 e. The molecule has 0 aliphatic heterocycles. The van der Waals surface area contributed by atoms with Crippen molar-refractivity contribution in [2.75, 3.05) is 17.3 Å².